The Labute approximate surface area is 152 Å². The van der Waals surface area contributed by atoms with Crippen LogP contribution in [-0.2, 0) is 17.6 Å². The highest BCUT2D eigenvalue weighted by Crippen LogP contribution is 2.30. The van der Waals surface area contributed by atoms with Crippen molar-refractivity contribution in [3.05, 3.63) is 53.2 Å². The van der Waals surface area contributed by atoms with Crippen molar-refractivity contribution >= 4 is 11.6 Å². The van der Waals surface area contributed by atoms with E-state index in [4.69, 9.17) is 4.74 Å². The highest BCUT2D eigenvalue weighted by atomic mass is 16.5. The number of aromatic nitrogens is 1. The van der Waals surface area contributed by atoms with Gasteiger partial charge in [0.15, 0.2) is 0 Å². The second-order valence-corrected chi connectivity index (χ2v) is 6.78. The number of hydrogen-bond acceptors (Lipinski definition) is 5. The Morgan fingerprint density at radius 3 is 2.62 bits per heavy atom. The second-order valence-electron chi connectivity index (χ2n) is 6.78. The van der Waals surface area contributed by atoms with Crippen LogP contribution in [0.4, 0.5) is 5.69 Å². The Kier molecular flexibility index (Phi) is 4.21. The lowest BCUT2D eigenvalue weighted by Gasteiger charge is -2.24. The third-order valence-electron chi connectivity index (χ3n) is 5.21. The van der Waals surface area contributed by atoms with E-state index < -0.39 is 0 Å². The molecule has 0 bridgehead atoms. The van der Waals surface area contributed by atoms with Crippen LogP contribution in [0.15, 0.2) is 36.5 Å². The van der Waals surface area contributed by atoms with Crippen molar-refractivity contribution in [2.24, 2.45) is 0 Å². The van der Waals surface area contributed by atoms with Gasteiger partial charge in [0.1, 0.15) is 11.6 Å². The van der Waals surface area contributed by atoms with Crippen LogP contribution in [0.1, 0.15) is 23.1 Å². The first kappa shape index (κ1) is 16.4. The molecule has 1 amide bonds. The zero-order chi connectivity index (χ0) is 18.1. The minimum absolute atomic E-state index is 0.0228. The largest absolute Gasteiger partial charge is 0.480 e. The van der Waals surface area contributed by atoms with Gasteiger partial charge in [-0.2, -0.15) is 5.26 Å². The molecule has 0 radical (unpaired) electrons. The molecule has 6 nitrogen and oxygen atoms in total. The number of nitrogens with zero attached hydrogens (tertiary/aromatic N) is 3. The van der Waals surface area contributed by atoms with Crippen molar-refractivity contribution in [3.63, 3.8) is 0 Å². The van der Waals surface area contributed by atoms with Crippen LogP contribution in [-0.4, -0.2) is 41.5 Å². The standard InChI is InChI=1S/C20H20N4O2/c1-26-20-17(11-21)18(6-7-22-20)23-15-10-19(25)24(12-15)16-8-13-4-2-3-5-14(13)9-16/h2-7,15-16H,8-10,12H2,1H3,(H,22,23). The molecule has 1 aromatic carbocycles. The van der Waals surface area contributed by atoms with Gasteiger partial charge in [0.2, 0.25) is 11.8 Å². The molecular weight excluding hydrogens is 328 g/mol. The maximum atomic E-state index is 12.6. The van der Waals surface area contributed by atoms with Crippen molar-refractivity contribution in [3.8, 4) is 11.9 Å². The molecule has 1 aliphatic heterocycles. The van der Waals surface area contributed by atoms with Crippen molar-refractivity contribution < 1.29 is 9.53 Å². The summed E-state index contributed by atoms with van der Waals surface area (Å²) in [6, 6.07) is 12.5. The van der Waals surface area contributed by atoms with Crippen LogP contribution in [0.2, 0.25) is 0 Å². The molecule has 6 heteroatoms. The zero-order valence-corrected chi connectivity index (χ0v) is 14.6. The summed E-state index contributed by atoms with van der Waals surface area (Å²) in [6.07, 6.45) is 3.87. The van der Waals surface area contributed by atoms with E-state index in [2.05, 4.69) is 40.6 Å². The Morgan fingerprint density at radius 2 is 1.96 bits per heavy atom. The topological polar surface area (TPSA) is 78.2 Å². The van der Waals surface area contributed by atoms with Crippen LogP contribution in [0.5, 0.6) is 5.88 Å². The number of methoxy groups -OCH3 is 1. The summed E-state index contributed by atoms with van der Waals surface area (Å²) in [5.74, 6) is 0.463. The predicted molar refractivity (Wildman–Crippen MR) is 96.9 cm³/mol. The van der Waals surface area contributed by atoms with E-state index in [1.807, 2.05) is 4.90 Å². The number of carbonyl (C=O) groups excluding carboxylic acids is 1. The molecule has 1 aromatic heterocycles. The fourth-order valence-corrected chi connectivity index (χ4v) is 3.98. The Hall–Kier alpha value is -3.07. The third-order valence-corrected chi connectivity index (χ3v) is 5.21. The molecule has 2 aromatic rings. The number of nitriles is 1. The summed E-state index contributed by atoms with van der Waals surface area (Å²) in [5.41, 5.74) is 3.71. The first-order chi connectivity index (χ1) is 12.7. The first-order valence-electron chi connectivity index (χ1n) is 8.75. The molecule has 2 aliphatic rings. The average Bonchev–Trinajstić information content (AvgIpc) is 3.24. The van der Waals surface area contributed by atoms with Gasteiger partial charge in [-0.15, -0.1) is 0 Å². The van der Waals surface area contributed by atoms with Gasteiger partial charge in [0.05, 0.1) is 18.8 Å². The first-order valence-corrected chi connectivity index (χ1v) is 8.75. The van der Waals surface area contributed by atoms with E-state index in [9.17, 15) is 10.1 Å². The highest BCUT2D eigenvalue weighted by Gasteiger charge is 2.37. The zero-order valence-electron chi connectivity index (χ0n) is 14.6. The lowest BCUT2D eigenvalue weighted by molar-refractivity contribution is -0.129. The molecule has 4 rings (SSSR count). The van der Waals surface area contributed by atoms with Gasteiger partial charge in [-0.3, -0.25) is 4.79 Å². The summed E-state index contributed by atoms with van der Waals surface area (Å²) >= 11 is 0. The number of hydrogen-bond donors (Lipinski definition) is 1. The van der Waals surface area contributed by atoms with E-state index in [0.717, 1.165) is 12.8 Å². The van der Waals surface area contributed by atoms with Crippen LogP contribution in [0, 0.1) is 11.3 Å². The molecule has 0 spiro atoms. The van der Waals surface area contributed by atoms with Crippen LogP contribution >= 0.6 is 0 Å². The number of likely N-dealkylation sites (tertiary alicyclic amines) is 1. The van der Waals surface area contributed by atoms with Crippen molar-refractivity contribution in [1.82, 2.24) is 9.88 Å². The predicted octanol–water partition coefficient (Wildman–Crippen LogP) is 2.14. The van der Waals surface area contributed by atoms with E-state index in [0.29, 0.717) is 30.1 Å². The number of anilines is 1. The number of pyridine rings is 1. The van der Waals surface area contributed by atoms with Crippen molar-refractivity contribution in [2.75, 3.05) is 19.0 Å². The molecule has 1 saturated heterocycles. The summed E-state index contributed by atoms with van der Waals surface area (Å²) in [7, 11) is 1.49. The summed E-state index contributed by atoms with van der Waals surface area (Å²) in [4.78, 5) is 18.6. The molecule has 26 heavy (non-hydrogen) atoms. The molecule has 2 heterocycles. The summed E-state index contributed by atoms with van der Waals surface area (Å²) < 4.78 is 5.15. The molecule has 1 fully saturated rings. The molecule has 0 saturated carbocycles. The molecule has 1 N–H and O–H groups in total. The molecule has 1 atom stereocenters. The fourth-order valence-electron chi connectivity index (χ4n) is 3.98. The van der Waals surface area contributed by atoms with Crippen LogP contribution in [0.25, 0.3) is 0 Å². The molecule has 1 unspecified atom stereocenters. The van der Waals surface area contributed by atoms with Gasteiger partial charge >= 0.3 is 0 Å². The van der Waals surface area contributed by atoms with Gasteiger partial charge < -0.3 is 15.0 Å². The average molecular weight is 348 g/mol. The van der Waals surface area contributed by atoms with Crippen LogP contribution < -0.4 is 10.1 Å². The Balaban J connectivity index is 1.47. The van der Waals surface area contributed by atoms with Crippen molar-refractivity contribution in [2.45, 2.75) is 31.3 Å². The summed E-state index contributed by atoms with van der Waals surface area (Å²) in [6.45, 7) is 0.646. The maximum Gasteiger partial charge on any atom is 0.233 e. The highest BCUT2D eigenvalue weighted by molar-refractivity contribution is 5.81. The number of ether oxygens (including phenoxy) is 1. The number of nitrogens with one attached hydrogen (secondary N) is 1. The Bertz CT molecular complexity index is 865. The fraction of sp³-hybridized carbons (Fsp3) is 0.350. The number of benzene rings is 1. The van der Waals surface area contributed by atoms with E-state index in [1.54, 1.807) is 12.3 Å². The molecule has 1 aliphatic carbocycles. The van der Waals surface area contributed by atoms with Gasteiger partial charge in [-0.25, -0.2) is 4.98 Å². The lowest BCUT2D eigenvalue weighted by Crippen LogP contribution is -2.38. The van der Waals surface area contributed by atoms with Gasteiger partial charge in [0.25, 0.3) is 0 Å². The molecule has 132 valence electrons. The monoisotopic (exact) mass is 348 g/mol. The lowest BCUT2D eigenvalue weighted by atomic mass is 10.1. The number of rotatable bonds is 4. The molecular formula is C20H20N4O2. The minimum atomic E-state index is -0.0228. The quantitative estimate of drug-likeness (QED) is 0.916. The van der Waals surface area contributed by atoms with Crippen LogP contribution in [0.3, 0.4) is 0 Å². The van der Waals surface area contributed by atoms with Crippen molar-refractivity contribution in [1.29, 1.82) is 5.26 Å². The van der Waals surface area contributed by atoms with E-state index in [-0.39, 0.29) is 18.0 Å². The maximum absolute atomic E-state index is 12.6. The number of amides is 1. The van der Waals surface area contributed by atoms with E-state index >= 15 is 0 Å². The van der Waals surface area contributed by atoms with Gasteiger partial charge in [-0.05, 0) is 30.0 Å². The van der Waals surface area contributed by atoms with Gasteiger partial charge in [-0.1, -0.05) is 24.3 Å². The Morgan fingerprint density at radius 1 is 1.23 bits per heavy atom. The smallest absolute Gasteiger partial charge is 0.233 e. The number of fused-ring (bicyclic) bond motifs is 1. The minimum Gasteiger partial charge on any atom is -0.480 e. The number of carbonyl (C=O) groups is 1. The van der Waals surface area contributed by atoms with E-state index in [1.165, 1.54) is 18.2 Å². The summed E-state index contributed by atoms with van der Waals surface area (Å²) in [5, 5.41) is 12.7. The second kappa shape index (κ2) is 6.68. The SMILES string of the molecule is COc1nccc(NC2CC(=O)N(C3Cc4ccccc4C3)C2)c1C#N. The van der Waals surface area contributed by atoms with Gasteiger partial charge in [0, 0.05) is 25.2 Å². The normalized spacial score (nSPS) is 19.3. The third kappa shape index (κ3) is 2.86.